The van der Waals surface area contributed by atoms with Gasteiger partial charge in [-0.3, -0.25) is 0 Å². The van der Waals surface area contributed by atoms with Crippen LogP contribution in [0.2, 0.25) is 0 Å². The van der Waals surface area contributed by atoms with Crippen LogP contribution in [0.25, 0.3) is 5.57 Å². The third-order valence-electron chi connectivity index (χ3n) is 2.66. The molecule has 1 aromatic carbocycles. The van der Waals surface area contributed by atoms with E-state index < -0.39 is 0 Å². The lowest BCUT2D eigenvalue weighted by atomic mass is 10.1. The van der Waals surface area contributed by atoms with Gasteiger partial charge in [-0.2, -0.15) is 0 Å². The molecule has 0 N–H and O–H groups in total. The minimum absolute atomic E-state index is 0.268. The largest absolute Gasteiger partial charge is 0.463 e. The highest BCUT2D eigenvalue weighted by Crippen LogP contribution is 2.32. The predicted molar refractivity (Wildman–Crippen MR) is 59.3 cm³/mol. The molecule has 0 saturated carbocycles. The van der Waals surface area contributed by atoms with Crippen molar-refractivity contribution in [3.63, 3.8) is 0 Å². The standard InChI is InChI=1S/C13H13FO2/c1-2-16-13(15)7-10-4-3-9-5-6-11(14)8-12(9)10/h5-8H,2-4H2,1H3/b10-7-. The molecule has 0 aliphatic heterocycles. The van der Waals surface area contributed by atoms with Crippen LogP contribution in [0.15, 0.2) is 24.3 Å². The van der Waals surface area contributed by atoms with Gasteiger partial charge in [0.15, 0.2) is 0 Å². The van der Waals surface area contributed by atoms with Crippen molar-refractivity contribution in [2.45, 2.75) is 19.8 Å². The molecule has 0 fully saturated rings. The highest BCUT2D eigenvalue weighted by molar-refractivity contribution is 5.92. The number of fused-ring (bicyclic) bond motifs is 1. The molecule has 1 aliphatic carbocycles. The first kappa shape index (κ1) is 10.9. The zero-order valence-electron chi connectivity index (χ0n) is 9.13. The number of aryl methyl sites for hydroxylation is 1. The van der Waals surface area contributed by atoms with Crippen LogP contribution in [0.1, 0.15) is 24.5 Å². The van der Waals surface area contributed by atoms with Gasteiger partial charge < -0.3 is 4.74 Å². The second-order valence-electron chi connectivity index (χ2n) is 3.72. The molecule has 0 atom stereocenters. The first-order chi connectivity index (χ1) is 7.70. The van der Waals surface area contributed by atoms with Gasteiger partial charge in [-0.25, -0.2) is 9.18 Å². The molecule has 0 spiro atoms. The Bertz CT molecular complexity index is 449. The molecule has 84 valence electrons. The van der Waals surface area contributed by atoms with E-state index in [-0.39, 0.29) is 11.8 Å². The van der Waals surface area contributed by atoms with Gasteiger partial charge in [0.2, 0.25) is 0 Å². The number of hydrogen-bond donors (Lipinski definition) is 0. The van der Waals surface area contributed by atoms with Gasteiger partial charge >= 0.3 is 5.97 Å². The number of ether oxygens (including phenoxy) is 1. The van der Waals surface area contributed by atoms with E-state index in [1.54, 1.807) is 13.0 Å². The second-order valence-corrected chi connectivity index (χ2v) is 3.72. The van der Waals surface area contributed by atoms with Gasteiger partial charge in [0.05, 0.1) is 6.61 Å². The van der Waals surface area contributed by atoms with E-state index in [9.17, 15) is 9.18 Å². The van der Waals surface area contributed by atoms with Crippen LogP contribution in [0.5, 0.6) is 0 Å². The monoisotopic (exact) mass is 220 g/mol. The molecular weight excluding hydrogens is 207 g/mol. The van der Waals surface area contributed by atoms with Crippen molar-refractivity contribution in [2.24, 2.45) is 0 Å². The highest BCUT2D eigenvalue weighted by atomic mass is 19.1. The molecule has 1 aromatic rings. The first-order valence-corrected chi connectivity index (χ1v) is 5.37. The van der Waals surface area contributed by atoms with Gasteiger partial charge in [0.25, 0.3) is 0 Å². The summed E-state index contributed by atoms with van der Waals surface area (Å²) in [7, 11) is 0. The number of rotatable bonds is 2. The second kappa shape index (κ2) is 4.47. The number of carbonyl (C=O) groups is 1. The van der Waals surface area contributed by atoms with Crippen molar-refractivity contribution in [1.82, 2.24) is 0 Å². The number of hydrogen-bond acceptors (Lipinski definition) is 2. The molecular formula is C13H13FO2. The quantitative estimate of drug-likeness (QED) is 0.566. The van der Waals surface area contributed by atoms with Gasteiger partial charge in [0.1, 0.15) is 5.82 Å². The molecule has 0 bridgehead atoms. The normalized spacial score (nSPS) is 16.2. The van der Waals surface area contributed by atoms with Crippen molar-refractivity contribution in [3.05, 3.63) is 41.2 Å². The number of benzene rings is 1. The molecule has 0 saturated heterocycles. The lowest BCUT2D eigenvalue weighted by Gasteiger charge is -2.01. The highest BCUT2D eigenvalue weighted by Gasteiger charge is 2.17. The lowest BCUT2D eigenvalue weighted by molar-refractivity contribution is -0.137. The maximum atomic E-state index is 13.1. The van der Waals surface area contributed by atoms with E-state index in [0.29, 0.717) is 6.61 Å². The Balaban J connectivity index is 2.29. The van der Waals surface area contributed by atoms with E-state index in [1.807, 2.05) is 0 Å². The summed E-state index contributed by atoms with van der Waals surface area (Å²) in [6, 6.07) is 4.70. The average Bonchev–Trinajstić information content (AvgIpc) is 2.61. The van der Waals surface area contributed by atoms with Crippen LogP contribution >= 0.6 is 0 Å². The summed E-state index contributed by atoms with van der Waals surface area (Å²) in [6.45, 7) is 2.12. The summed E-state index contributed by atoms with van der Waals surface area (Å²) in [4.78, 5) is 11.3. The Morgan fingerprint density at radius 3 is 3.06 bits per heavy atom. The first-order valence-electron chi connectivity index (χ1n) is 5.37. The molecule has 0 heterocycles. The molecule has 0 aromatic heterocycles. The summed E-state index contributed by atoms with van der Waals surface area (Å²) >= 11 is 0. The minimum atomic E-state index is -0.352. The van der Waals surface area contributed by atoms with Crippen LogP contribution in [0.3, 0.4) is 0 Å². The van der Waals surface area contributed by atoms with Crippen LogP contribution in [-0.4, -0.2) is 12.6 Å². The Morgan fingerprint density at radius 2 is 2.31 bits per heavy atom. The summed E-state index contributed by atoms with van der Waals surface area (Å²) in [5, 5.41) is 0. The van der Waals surface area contributed by atoms with E-state index >= 15 is 0 Å². The van der Waals surface area contributed by atoms with Crippen molar-refractivity contribution in [1.29, 1.82) is 0 Å². The molecule has 0 radical (unpaired) electrons. The molecule has 0 unspecified atom stereocenters. The van der Waals surface area contributed by atoms with Crippen LogP contribution in [0.4, 0.5) is 4.39 Å². The van der Waals surface area contributed by atoms with Crippen LogP contribution in [-0.2, 0) is 16.0 Å². The number of carbonyl (C=O) groups excluding carboxylic acids is 1. The van der Waals surface area contributed by atoms with E-state index in [0.717, 1.165) is 29.5 Å². The zero-order valence-corrected chi connectivity index (χ0v) is 9.13. The molecule has 2 rings (SSSR count). The molecule has 3 heteroatoms. The van der Waals surface area contributed by atoms with Crippen molar-refractivity contribution in [3.8, 4) is 0 Å². The Labute approximate surface area is 93.7 Å². The van der Waals surface area contributed by atoms with Gasteiger partial charge in [-0.05, 0) is 48.6 Å². The average molecular weight is 220 g/mol. The summed E-state index contributed by atoms with van der Waals surface area (Å²) in [6.07, 6.45) is 3.10. The van der Waals surface area contributed by atoms with E-state index in [4.69, 9.17) is 4.74 Å². The SMILES string of the molecule is CCOC(=O)/C=C1/CCc2ccc(F)cc21. The number of esters is 1. The van der Waals surface area contributed by atoms with Crippen molar-refractivity contribution < 1.29 is 13.9 Å². The van der Waals surface area contributed by atoms with E-state index in [1.165, 1.54) is 18.2 Å². The Morgan fingerprint density at radius 1 is 1.50 bits per heavy atom. The Kier molecular flexibility index (Phi) is 3.04. The predicted octanol–water partition coefficient (Wildman–Crippen LogP) is 2.72. The maximum Gasteiger partial charge on any atom is 0.331 e. The van der Waals surface area contributed by atoms with Gasteiger partial charge in [-0.1, -0.05) is 6.07 Å². The molecule has 0 amide bonds. The molecule has 16 heavy (non-hydrogen) atoms. The fourth-order valence-electron chi connectivity index (χ4n) is 1.95. The third kappa shape index (κ3) is 2.13. The van der Waals surface area contributed by atoms with Crippen LogP contribution in [0, 0.1) is 5.82 Å². The fourth-order valence-corrected chi connectivity index (χ4v) is 1.95. The summed E-state index contributed by atoms with van der Waals surface area (Å²) < 4.78 is 17.9. The van der Waals surface area contributed by atoms with Crippen molar-refractivity contribution in [2.75, 3.05) is 6.61 Å². The van der Waals surface area contributed by atoms with Gasteiger partial charge in [0, 0.05) is 6.08 Å². The number of allylic oxidation sites excluding steroid dienone is 1. The smallest absolute Gasteiger partial charge is 0.331 e. The zero-order chi connectivity index (χ0) is 11.5. The topological polar surface area (TPSA) is 26.3 Å². The molecule has 1 aliphatic rings. The number of halogens is 1. The lowest BCUT2D eigenvalue weighted by Crippen LogP contribution is -2.00. The third-order valence-corrected chi connectivity index (χ3v) is 2.66. The summed E-state index contributed by atoms with van der Waals surface area (Å²) in [5.74, 6) is -0.620. The van der Waals surface area contributed by atoms with E-state index in [2.05, 4.69) is 0 Å². The van der Waals surface area contributed by atoms with Crippen LogP contribution < -0.4 is 0 Å². The Hall–Kier alpha value is -1.64. The van der Waals surface area contributed by atoms with Gasteiger partial charge in [-0.15, -0.1) is 0 Å². The fraction of sp³-hybridized carbons (Fsp3) is 0.308. The molecule has 2 nitrogen and oxygen atoms in total. The minimum Gasteiger partial charge on any atom is -0.463 e. The van der Waals surface area contributed by atoms with Crippen molar-refractivity contribution >= 4 is 11.5 Å². The summed E-state index contributed by atoms with van der Waals surface area (Å²) in [5.41, 5.74) is 2.80. The maximum absolute atomic E-state index is 13.1.